The van der Waals surface area contributed by atoms with Gasteiger partial charge >= 0.3 is 0 Å². The van der Waals surface area contributed by atoms with Crippen LogP contribution in [0.4, 0.5) is 0 Å². The first-order chi connectivity index (χ1) is 15.5. The molecule has 0 aliphatic heterocycles. The van der Waals surface area contributed by atoms with E-state index in [-0.39, 0.29) is 12.0 Å². The minimum Gasteiger partial charge on any atom is -0.493 e. The first-order valence-electron chi connectivity index (χ1n) is 11.2. The largest absolute Gasteiger partial charge is 0.493 e. The Kier molecular flexibility index (Phi) is 8.31. The van der Waals surface area contributed by atoms with Crippen LogP contribution in [0.3, 0.4) is 0 Å². The number of carbonyl (C=O) groups is 1. The van der Waals surface area contributed by atoms with Crippen LogP contribution in [0.15, 0.2) is 54.6 Å². The minimum absolute atomic E-state index is 0.0135. The third-order valence-corrected chi connectivity index (χ3v) is 5.26. The number of H-pyrrole nitrogens is 1. The molecule has 0 saturated heterocycles. The molecule has 0 fully saturated rings. The van der Waals surface area contributed by atoms with Crippen LogP contribution in [-0.4, -0.2) is 47.8 Å². The molecular weight excluding hydrogens is 402 g/mol. The van der Waals surface area contributed by atoms with Gasteiger partial charge in [0.25, 0.3) is 5.91 Å². The average molecular weight is 436 g/mol. The van der Waals surface area contributed by atoms with Crippen molar-refractivity contribution < 1.29 is 14.3 Å². The van der Waals surface area contributed by atoms with Crippen molar-refractivity contribution in [2.45, 2.75) is 45.6 Å². The Balaban J connectivity index is 1.43. The van der Waals surface area contributed by atoms with E-state index in [4.69, 9.17) is 9.47 Å². The molecule has 2 aromatic carbocycles. The number of aromatic nitrogens is 2. The molecule has 0 spiro atoms. The molecule has 6 heteroatoms. The summed E-state index contributed by atoms with van der Waals surface area (Å²) >= 11 is 0. The lowest BCUT2D eigenvalue weighted by Gasteiger charge is -2.19. The van der Waals surface area contributed by atoms with Crippen molar-refractivity contribution in [2.24, 2.45) is 0 Å². The van der Waals surface area contributed by atoms with E-state index < -0.39 is 0 Å². The van der Waals surface area contributed by atoms with Gasteiger partial charge in [-0.2, -0.15) is 5.10 Å². The van der Waals surface area contributed by atoms with Crippen LogP contribution >= 0.6 is 0 Å². The van der Waals surface area contributed by atoms with Crippen LogP contribution < -0.4 is 9.47 Å². The molecule has 1 N–H and O–H groups in total. The second kappa shape index (κ2) is 11.4. The third-order valence-electron chi connectivity index (χ3n) is 5.26. The number of hydrogen-bond acceptors (Lipinski definition) is 4. The number of aryl methyl sites for hydroxylation is 1. The number of ether oxygens (including phenoxy) is 2. The summed E-state index contributed by atoms with van der Waals surface area (Å²) in [4.78, 5) is 14.6. The van der Waals surface area contributed by atoms with Gasteiger partial charge in [0.05, 0.1) is 18.9 Å². The number of aromatic amines is 1. The Labute approximate surface area is 190 Å². The maximum absolute atomic E-state index is 12.8. The average Bonchev–Trinajstić information content (AvgIpc) is 3.27. The Morgan fingerprint density at radius 2 is 1.81 bits per heavy atom. The normalized spacial score (nSPS) is 10.9. The molecule has 0 atom stereocenters. The van der Waals surface area contributed by atoms with Crippen LogP contribution in [0.5, 0.6) is 11.5 Å². The summed E-state index contributed by atoms with van der Waals surface area (Å²) in [5, 5.41) is 7.54. The molecule has 3 rings (SSSR count). The van der Waals surface area contributed by atoms with Crippen LogP contribution in [0.25, 0.3) is 11.3 Å². The number of methoxy groups -OCH3 is 1. The number of nitrogens with one attached hydrogen (secondary N) is 1. The van der Waals surface area contributed by atoms with Crippen molar-refractivity contribution in [2.75, 3.05) is 20.7 Å². The topological polar surface area (TPSA) is 67.5 Å². The van der Waals surface area contributed by atoms with Crippen molar-refractivity contribution in [3.05, 3.63) is 65.9 Å². The fourth-order valence-corrected chi connectivity index (χ4v) is 3.56. The van der Waals surface area contributed by atoms with Gasteiger partial charge in [0.15, 0.2) is 11.5 Å². The van der Waals surface area contributed by atoms with E-state index in [1.807, 2.05) is 39.1 Å². The van der Waals surface area contributed by atoms with Crippen LogP contribution in [0.1, 0.15) is 49.2 Å². The van der Waals surface area contributed by atoms with E-state index >= 15 is 0 Å². The van der Waals surface area contributed by atoms with Crippen molar-refractivity contribution in [3.8, 4) is 22.8 Å². The maximum atomic E-state index is 12.8. The highest BCUT2D eigenvalue weighted by Gasteiger charge is 2.15. The molecule has 0 saturated carbocycles. The molecule has 0 bridgehead atoms. The van der Waals surface area contributed by atoms with Gasteiger partial charge in [0.2, 0.25) is 0 Å². The monoisotopic (exact) mass is 435 g/mol. The second-order valence-electron chi connectivity index (χ2n) is 8.21. The maximum Gasteiger partial charge on any atom is 0.253 e. The third kappa shape index (κ3) is 6.36. The number of carbonyl (C=O) groups excluding carboxylic acids is 1. The van der Waals surface area contributed by atoms with Crippen molar-refractivity contribution in [1.82, 2.24) is 15.1 Å². The highest BCUT2D eigenvalue weighted by atomic mass is 16.5. The Bertz CT molecular complexity index is 999. The predicted molar refractivity (Wildman–Crippen MR) is 127 cm³/mol. The molecule has 170 valence electrons. The first-order valence-corrected chi connectivity index (χ1v) is 11.2. The van der Waals surface area contributed by atoms with E-state index in [0.717, 1.165) is 42.6 Å². The predicted octanol–water partition coefficient (Wildman–Crippen LogP) is 5.36. The Morgan fingerprint density at radius 3 is 2.53 bits per heavy atom. The summed E-state index contributed by atoms with van der Waals surface area (Å²) in [6, 6.07) is 17.6. The standard InChI is InChI=1S/C26H33N3O3/c1-19(2)32-24-15-14-21(17-25(24)31-4)26(30)29(3)16-10-6-9-13-22-18-23(28-27-22)20-11-7-5-8-12-20/h5,7-8,11-12,14-15,17-19H,6,9-10,13,16H2,1-4H3,(H,27,28). The minimum atomic E-state index is -0.0135. The number of hydrogen-bond donors (Lipinski definition) is 1. The molecule has 0 unspecified atom stereocenters. The van der Waals surface area contributed by atoms with Gasteiger partial charge in [0.1, 0.15) is 0 Å². The second-order valence-corrected chi connectivity index (χ2v) is 8.21. The summed E-state index contributed by atoms with van der Waals surface area (Å²) in [7, 11) is 3.43. The zero-order valence-electron chi connectivity index (χ0n) is 19.4. The molecular formula is C26H33N3O3. The van der Waals surface area contributed by atoms with E-state index in [0.29, 0.717) is 23.6 Å². The zero-order chi connectivity index (χ0) is 22.9. The number of amides is 1. The summed E-state index contributed by atoms with van der Waals surface area (Å²) in [6.07, 6.45) is 4.04. The quantitative estimate of drug-likeness (QED) is 0.412. The number of unbranched alkanes of at least 4 members (excludes halogenated alkanes) is 2. The molecule has 1 amide bonds. The molecule has 6 nitrogen and oxygen atoms in total. The highest BCUT2D eigenvalue weighted by molar-refractivity contribution is 5.94. The summed E-state index contributed by atoms with van der Waals surface area (Å²) in [6.45, 7) is 4.63. The van der Waals surface area contributed by atoms with E-state index in [2.05, 4.69) is 28.4 Å². The molecule has 1 heterocycles. The van der Waals surface area contributed by atoms with Gasteiger partial charge in [-0.3, -0.25) is 9.89 Å². The van der Waals surface area contributed by atoms with Crippen LogP contribution in [0.2, 0.25) is 0 Å². The number of benzene rings is 2. The molecule has 0 aliphatic rings. The fraction of sp³-hybridized carbons (Fsp3) is 0.385. The van der Waals surface area contributed by atoms with Gasteiger partial charge in [-0.1, -0.05) is 36.8 Å². The zero-order valence-corrected chi connectivity index (χ0v) is 19.4. The lowest BCUT2D eigenvalue weighted by Crippen LogP contribution is -2.27. The Hall–Kier alpha value is -3.28. The van der Waals surface area contributed by atoms with Crippen molar-refractivity contribution in [3.63, 3.8) is 0 Å². The van der Waals surface area contributed by atoms with E-state index in [1.165, 1.54) is 0 Å². The number of nitrogens with zero attached hydrogens (tertiary/aromatic N) is 2. The molecule has 1 aromatic heterocycles. The van der Waals surface area contributed by atoms with Crippen molar-refractivity contribution in [1.29, 1.82) is 0 Å². The van der Waals surface area contributed by atoms with E-state index in [1.54, 1.807) is 30.2 Å². The number of rotatable bonds is 11. The summed E-state index contributed by atoms with van der Waals surface area (Å²) in [5.41, 5.74) is 3.84. The lowest BCUT2D eigenvalue weighted by atomic mass is 10.1. The highest BCUT2D eigenvalue weighted by Crippen LogP contribution is 2.29. The molecule has 32 heavy (non-hydrogen) atoms. The van der Waals surface area contributed by atoms with Gasteiger partial charge < -0.3 is 14.4 Å². The summed E-state index contributed by atoms with van der Waals surface area (Å²) in [5.74, 6) is 1.21. The van der Waals surface area contributed by atoms with Gasteiger partial charge in [-0.05, 0) is 57.4 Å². The smallest absolute Gasteiger partial charge is 0.253 e. The van der Waals surface area contributed by atoms with Crippen molar-refractivity contribution >= 4 is 5.91 Å². The van der Waals surface area contributed by atoms with E-state index in [9.17, 15) is 4.79 Å². The van der Waals surface area contributed by atoms with Crippen LogP contribution in [0, 0.1) is 0 Å². The molecule has 0 radical (unpaired) electrons. The summed E-state index contributed by atoms with van der Waals surface area (Å²) < 4.78 is 11.1. The van der Waals surface area contributed by atoms with Crippen LogP contribution in [-0.2, 0) is 6.42 Å². The van der Waals surface area contributed by atoms with Gasteiger partial charge in [0, 0.05) is 30.4 Å². The fourth-order valence-electron chi connectivity index (χ4n) is 3.56. The lowest BCUT2D eigenvalue weighted by molar-refractivity contribution is 0.0792. The first kappa shape index (κ1) is 23.4. The Morgan fingerprint density at radius 1 is 1.03 bits per heavy atom. The van der Waals surface area contributed by atoms with Gasteiger partial charge in [-0.25, -0.2) is 0 Å². The SMILES string of the molecule is COc1cc(C(=O)N(C)CCCCCc2cc(-c3ccccc3)n[nH]2)ccc1OC(C)C. The van der Waals surface area contributed by atoms with Gasteiger partial charge in [-0.15, -0.1) is 0 Å². The molecule has 0 aliphatic carbocycles. The molecule has 3 aromatic rings.